The summed E-state index contributed by atoms with van der Waals surface area (Å²) in [6, 6.07) is 1.97. The molecule has 1 aliphatic rings. The van der Waals surface area contributed by atoms with E-state index in [9.17, 15) is 4.79 Å². The van der Waals surface area contributed by atoms with Gasteiger partial charge in [-0.05, 0) is 11.4 Å². The molecule has 1 N–H and O–H groups in total. The lowest BCUT2D eigenvalue weighted by Crippen LogP contribution is -2.48. The quantitative estimate of drug-likeness (QED) is 0.895. The van der Waals surface area contributed by atoms with Crippen LogP contribution in [0.25, 0.3) is 10.2 Å². The summed E-state index contributed by atoms with van der Waals surface area (Å²) in [6.07, 6.45) is 1.81. The van der Waals surface area contributed by atoms with Gasteiger partial charge in [0.1, 0.15) is 12.1 Å². The van der Waals surface area contributed by atoms with E-state index in [0.29, 0.717) is 0 Å². The molecule has 0 unspecified atom stereocenters. The van der Waals surface area contributed by atoms with E-state index < -0.39 is 5.97 Å². The van der Waals surface area contributed by atoms with Crippen LogP contribution in [0.1, 0.15) is 6.42 Å². The average molecular weight is 249 g/mol. The minimum Gasteiger partial charge on any atom is -0.481 e. The van der Waals surface area contributed by atoms with Crippen molar-refractivity contribution in [2.75, 3.05) is 18.0 Å². The molecule has 0 radical (unpaired) electrons. The van der Waals surface area contributed by atoms with Gasteiger partial charge in [-0.3, -0.25) is 4.79 Å². The number of thiophene rings is 1. The number of rotatable bonds is 3. The smallest absolute Gasteiger partial charge is 0.303 e. The molecule has 3 rings (SSSR count). The first-order valence-electron chi connectivity index (χ1n) is 5.39. The van der Waals surface area contributed by atoms with Crippen LogP contribution >= 0.6 is 11.3 Å². The second-order valence-electron chi connectivity index (χ2n) is 4.20. The van der Waals surface area contributed by atoms with Crippen LogP contribution in [0.3, 0.4) is 0 Å². The van der Waals surface area contributed by atoms with E-state index >= 15 is 0 Å². The van der Waals surface area contributed by atoms with Crippen molar-refractivity contribution in [3.8, 4) is 0 Å². The zero-order valence-corrected chi connectivity index (χ0v) is 9.85. The summed E-state index contributed by atoms with van der Waals surface area (Å²) in [7, 11) is 0. The van der Waals surface area contributed by atoms with Crippen LogP contribution in [0, 0.1) is 5.92 Å². The fourth-order valence-electron chi connectivity index (χ4n) is 2.12. The third kappa shape index (κ3) is 1.84. The van der Waals surface area contributed by atoms with Crippen molar-refractivity contribution < 1.29 is 9.90 Å². The Kier molecular flexibility index (Phi) is 2.44. The molecule has 1 saturated heterocycles. The maximum Gasteiger partial charge on any atom is 0.303 e. The van der Waals surface area contributed by atoms with E-state index in [1.54, 1.807) is 17.7 Å². The van der Waals surface area contributed by atoms with Gasteiger partial charge in [0.25, 0.3) is 0 Å². The molecule has 0 aliphatic carbocycles. The summed E-state index contributed by atoms with van der Waals surface area (Å²) in [5, 5.41) is 10.7. The second-order valence-corrected chi connectivity index (χ2v) is 5.12. The highest BCUT2D eigenvalue weighted by molar-refractivity contribution is 7.17. The fraction of sp³-hybridized carbons (Fsp3) is 0.364. The third-order valence-corrected chi connectivity index (χ3v) is 3.84. The van der Waals surface area contributed by atoms with Crippen LogP contribution in [0.4, 0.5) is 5.82 Å². The first kappa shape index (κ1) is 10.5. The first-order chi connectivity index (χ1) is 8.24. The molecule has 0 saturated carbocycles. The van der Waals surface area contributed by atoms with Crippen molar-refractivity contribution in [3.63, 3.8) is 0 Å². The molecule has 6 heteroatoms. The Morgan fingerprint density at radius 3 is 3.12 bits per heavy atom. The maximum absolute atomic E-state index is 10.6. The Bertz CT molecular complexity index is 563. The number of carboxylic acids is 1. The highest BCUT2D eigenvalue weighted by atomic mass is 32.1. The number of nitrogens with zero attached hydrogens (tertiary/aromatic N) is 3. The Morgan fingerprint density at radius 1 is 1.53 bits per heavy atom. The van der Waals surface area contributed by atoms with Crippen molar-refractivity contribution in [3.05, 3.63) is 17.8 Å². The Balaban J connectivity index is 1.78. The predicted molar refractivity (Wildman–Crippen MR) is 65.4 cm³/mol. The summed E-state index contributed by atoms with van der Waals surface area (Å²) in [5.74, 6) is 0.461. The van der Waals surface area contributed by atoms with Crippen molar-refractivity contribution >= 4 is 33.3 Å². The molecule has 88 valence electrons. The maximum atomic E-state index is 10.6. The summed E-state index contributed by atoms with van der Waals surface area (Å²) in [4.78, 5) is 21.2. The number of aliphatic carboxylic acids is 1. The molecule has 0 atom stereocenters. The topological polar surface area (TPSA) is 66.3 Å². The number of fused-ring (bicyclic) bond motifs is 1. The number of carbonyl (C=O) groups is 1. The van der Waals surface area contributed by atoms with E-state index in [1.807, 2.05) is 11.4 Å². The van der Waals surface area contributed by atoms with Gasteiger partial charge in [-0.1, -0.05) is 0 Å². The lowest BCUT2D eigenvalue weighted by molar-refractivity contribution is -0.138. The third-order valence-electron chi connectivity index (χ3n) is 2.94. The lowest BCUT2D eigenvalue weighted by atomic mass is 9.96. The van der Waals surface area contributed by atoms with E-state index in [2.05, 4.69) is 14.9 Å². The minimum atomic E-state index is -0.724. The molecule has 0 bridgehead atoms. The number of hydrogen-bond donors (Lipinski definition) is 1. The molecular formula is C11H11N3O2S. The van der Waals surface area contributed by atoms with Gasteiger partial charge in [-0.25, -0.2) is 9.97 Å². The van der Waals surface area contributed by atoms with Crippen LogP contribution < -0.4 is 4.90 Å². The molecule has 0 aromatic carbocycles. The van der Waals surface area contributed by atoms with Gasteiger partial charge in [-0.2, -0.15) is 0 Å². The zero-order valence-electron chi connectivity index (χ0n) is 9.04. The highest BCUT2D eigenvalue weighted by Gasteiger charge is 2.30. The molecule has 0 spiro atoms. The van der Waals surface area contributed by atoms with Gasteiger partial charge in [0.05, 0.1) is 16.6 Å². The first-order valence-corrected chi connectivity index (χ1v) is 6.27. The zero-order chi connectivity index (χ0) is 11.8. The number of hydrogen-bond acceptors (Lipinski definition) is 5. The van der Waals surface area contributed by atoms with Gasteiger partial charge in [0.2, 0.25) is 0 Å². The van der Waals surface area contributed by atoms with E-state index in [1.165, 1.54) is 0 Å². The highest BCUT2D eigenvalue weighted by Crippen LogP contribution is 2.32. The summed E-state index contributed by atoms with van der Waals surface area (Å²) in [5.41, 5.74) is 0.960. The number of aromatic nitrogens is 2. The molecule has 17 heavy (non-hydrogen) atoms. The summed E-state index contributed by atoms with van der Waals surface area (Å²) >= 11 is 1.62. The summed E-state index contributed by atoms with van der Waals surface area (Å²) in [6.45, 7) is 1.55. The van der Waals surface area contributed by atoms with Gasteiger partial charge < -0.3 is 10.0 Å². The monoisotopic (exact) mass is 249 g/mol. The minimum absolute atomic E-state index is 0.245. The summed E-state index contributed by atoms with van der Waals surface area (Å²) < 4.78 is 1.08. The molecule has 0 amide bonds. The normalized spacial score (nSPS) is 16.1. The number of carboxylic acid groups (broad SMARTS) is 1. The Labute approximate surface area is 102 Å². The van der Waals surface area contributed by atoms with Crippen LogP contribution in [0.2, 0.25) is 0 Å². The van der Waals surface area contributed by atoms with E-state index in [0.717, 1.165) is 29.1 Å². The predicted octanol–water partition coefficient (Wildman–Crippen LogP) is 1.60. The van der Waals surface area contributed by atoms with Gasteiger partial charge in [0.15, 0.2) is 0 Å². The standard InChI is InChI=1S/C11H11N3O2S/c15-9(16)3-7-4-14(5-7)11-10-8(1-2-17-10)12-6-13-11/h1-2,6-7H,3-5H2,(H,15,16). The van der Waals surface area contributed by atoms with Crippen molar-refractivity contribution in [2.45, 2.75) is 6.42 Å². The van der Waals surface area contributed by atoms with Gasteiger partial charge in [-0.15, -0.1) is 11.3 Å². The molecule has 2 aromatic heterocycles. The van der Waals surface area contributed by atoms with Gasteiger partial charge in [0, 0.05) is 19.0 Å². The molecule has 1 aliphatic heterocycles. The van der Waals surface area contributed by atoms with Crippen molar-refractivity contribution in [2.24, 2.45) is 5.92 Å². The van der Waals surface area contributed by atoms with Crippen molar-refractivity contribution in [1.29, 1.82) is 0 Å². The lowest BCUT2D eigenvalue weighted by Gasteiger charge is -2.39. The molecule has 3 heterocycles. The SMILES string of the molecule is O=C(O)CC1CN(c2ncnc3ccsc23)C1. The average Bonchev–Trinajstić information content (AvgIpc) is 2.70. The molecule has 1 fully saturated rings. The molecular weight excluding hydrogens is 238 g/mol. The fourth-order valence-corrected chi connectivity index (χ4v) is 2.98. The molecule has 2 aromatic rings. The van der Waals surface area contributed by atoms with E-state index in [4.69, 9.17) is 5.11 Å². The van der Waals surface area contributed by atoms with Crippen LogP contribution in [-0.2, 0) is 4.79 Å². The Hall–Kier alpha value is -1.69. The van der Waals surface area contributed by atoms with Crippen LogP contribution in [0.5, 0.6) is 0 Å². The number of anilines is 1. The van der Waals surface area contributed by atoms with Crippen molar-refractivity contribution in [1.82, 2.24) is 9.97 Å². The second kappa shape index (κ2) is 3.96. The largest absolute Gasteiger partial charge is 0.481 e. The molecule has 5 nitrogen and oxygen atoms in total. The van der Waals surface area contributed by atoms with Crippen LogP contribution in [0.15, 0.2) is 17.8 Å². The van der Waals surface area contributed by atoms with Gasteiger partial charge >= 0.3 is 5.97 Å². The van der Waals surface area contributed by atoms with Crippen LogP contribution in [-0.4, -0.2) is 34.1 Å². The van der Waals surface area contributed by atoms with E-state index in [-0.39, 0.29) is 12.3 Å². The Morgan fingerprint density at radius 2 is 2.35 bits per heavy atom.